The number of rotatable bonds is 6. The molecule has 1 fully saturated rings. The minimum Gasteiger partial charge on any atom is -0.352 e. The third-order valence-electron chi connectivity index (χ3n) is 7.92. The van der Waals surface area contributed by atoms with Crippen LogP contribution in [0.1, 0.15) is 57.0 Å². The molecule has 2 aliphatic rings. The molecule has 1 aliphatic carbocycles. The number of fused-ring (bicyclic) bond motifs is 2. The third-order valence-corrected chi connectivity index (χ3v) is 9.24. The Labute approximate surface area is 242 Å². The predicted octanol–water partition coefficient (Wildman–Crippen LogP) is 3.64. The molecule has 1 aromatic carbocycles. The van der Waals surface area contributed by atoms with Gasteiger partial charge >= 0.3 is 0 Å². The van der Waals surface area contributed by atoms with E-state index in [4.69, 9.17) is 17.3 Å². The second-order valence-corrected chi connectivity index (χ2v) is 12.0. The van der Waals surface area contributed by atoms with Crippen LogP contribution >= 0.6 is 35.3 Å². The number of nitrogens with zero attached hydrogens (tertiary/aromatic N) is 3. The Morgan fingerprint density at radius 3 is 2.85 bits per heavy atom. The fraction of sp³-hybridized carbons (Fsp3) is 0.481. The van der Waals surface area contributed by atoms with Crippen LogP contribution in [0.25, 0.3) is 10.9 Å². The van der Waals surface area contributed by atoms with Crippen molar-refractivity contribution in [2.24, 2.45) is 11.7 Å². The van der Waals surface area contributed by atoms with Gasteiger partial charge in [-0.2, -0.15) is 0 Å². The SMILES string of the molecule is CCN(C)C(=O)C1CCC(N)(C(=O)c2cc3cc(Cl)ccc3[nH]2)C(NC(=O)c2nc3c(s2)CN(C)CC3)C1.Cl. The van der Waals surface area contributed by atoms with E-state index in [1.54, 1.807) is 30.1 Å². The molecule has 39 heavy (non-hydrogen) atoms. The fourth-order valence-electron chi connectivity index (χ4n) is 5.47. The first-order chi connectivity index (χ1) is 18.1. The zero-order valence-corrected chi connectivity index (χ0v) is 24.6. The Morgan fingerprint density at radius 2 is 2.10 bits per heavy atom. The summed E-state index contributed by atoms with van der Waals surface area (Å²) in [7, 11) is 3.80. The summed E-state index contributed by atoms with van der Waals surface area (Å²) in [6, 6.07) is 6.35. The topological polar surface area (TPSA) is 124 Å². The maximum atomic E-state index is 13.9. The number of hydrogen-bond acceptors (Lipinski definition) is 7. The highest BCUT2D eigenvalue weighted by molar-refractivity contribution is 7.13. The van der Waals surface area contributed by atoms with E-state index in [-0.39, 0.29) is 48.8 Å². The van der Waals surface area contributed by atoms with Crippen molar-refractivity contribution in [2.75, 3.05) is 27.2 Å². The van der Waals surface area contributed by atoms with Crippen molar-refractivity contribution >= 4 is 63.8 Å². The van der Waals surface area contributed by atoms with Gasteiger partial charge in [-0.25, -0.2) is 4.98 Å². The molecule has 2 aromatic heterocycles. The van der Waals surface area contributed by atoms with E-state index < -0.39 is 11.6 Å². The molecular formula is C27H34Cl2N6O3S. The number of aromatic nitrogens is 2. The van der Waals surface area contributed by atoms with Gasteiger partial charge in [-0.05, 0) is 57.5 Å². The molecule has 3 aromatic rings. The van der Waals surface area contributed by atoms with Crippen LogP contribution in [0.15, 0.2) is 24.3 Å². The van der Waals surface area contributed by atoms with Gasteiger partial charge in [-0.15, -0.1) is 23.7 Å². The van der Waals surface area contributed by atoms with Crippen LogP contribution in [0.3, 0.4) is 0 Å². The van der Waals surface area contributed by atoms with E-state index >= 15 is 0 Å². The van der Waals surface area contributed by atoms with Crippen LogP contribution in [0.4, 0.5) is 0 Å². The Kier molecular flexibility index (Phi) is 8.73. The molecule has 1 aliphatic heterocycles. The van der Waals surface area contributed by atoms with Crippen LogP contribution < -0.4 is 11.1 Å². The van der Waals surface area contributed by atoms with Crippen LogP contribution in [0, 0.1) is 5.92 Å². The fourth-order valence-corrected chi connectivity index (χ4v) is 6.74. The number of H-pyrrole nitrogens is 1. The van der Waals surface area contributed by atoms with Crippen molar-refractivity contribution in [3.05, 3.63) is 50.6 Å². The van der Waals surface area contributed by atoms with E-state index in [1.165, 1.54) is 11.3 Å². The predicted molar refractivity (Wildman–Crippen MR) is 156 cm³/mol. The lowest BCUT2D eigenvalue weighted by Crippen LogP contribution is -2.66. The summed E-state index contributed by atoms with van der Waals surface area (Å²) >= 11 is 7.51. The maximum absolute atomic E-state index is 13.9. The molecule has 3 atom stereocenters. The zero-order chi connectivity index (χ0) is 27.2. The van der Waals surface area contributed by atoms with Crippen LogP contribution in [-0.4, -0.2) is 76.1 Å². The van der Waals surface area contributed by atoms with Gasteiger partial charge in [0.15, 0.2) is 5.01 Å². The van der Waals surface area contributed by atoms with Crippen molar-refractivity contribution in [1.29, 1.82) is 0 Å². The van der Waals surface area contributed by atoms with Crippen molar-refractivity contribution in [3.63, 3.8) is 0 Å². The van der Waals surface area contributed by atoms with E-state index in [0.29, 0.717) is 28.7 Å². The molecule has 9 nitrogen and oxygen atoms in total. The monoisotopic (exact) mass is 592 g/mol. The first kappa shape index (κ1) is 29.5. The van der Waals surface area contributed by atoms with Gasteiger partial charge < -0.3 is 25.8 Å². The van der Waals surface area contributed by atoms with Gasteiger partial charge in [0.2, 0.25) is 11.7 Å². The summed E-state index contributed by atoms with van der Waals surface area (Å²) in [5.41, 5.74) is 7.57. The summed E-state index contributed by atoms with van der Waals surface area (Å²) in [5, 5.41) is 4.76. The Balaban J connectivity index is 0.00000353. The lowest BCUT2D eigenvalue weighted by Gasteiger charge is -2.43. The number of carbonyl (C=O) groups excluding carboxylic acids is 3. The minimum absolute atomic E-state index is 0. The minimum atomic E-state index is -1.39. The molecule has 2 amide bonds. The van der Waals surface area contributed by atoms with Gasteiger partial charge in [0.05, 0.1) is 17.4 Å². The Morgan fingerprint density at radius 1 is 1.33 bits per heavy atom. The average Bonchev–Trinajstić information content (AvgIpc) is 3.52. The quantitative estimate of drug-likeness (QED) is 0.375. The molecular weight excluding hydrogens is 559 g/mol. The van der Waals surface area contributed by atoms with Gasteiger partial charge in [0.1, 0.15) is 5.54 Å². The largest absolute Gasteiger partial charge is 0.352 e. The van der Waals surface area contributed by atoms with E-state index in [2.05, 4.69) is 20.2 Å². The molecule has 1 saturated carbocycles. The summed E-state index contributed by atoms with van der Waals surface area (Å²) in [6.07, 6.45) is 1.79. The van der Waals surface area contributed by atoms with Crippen LogP contribution in [0.5, 0.6) is 0 Å². The van der Waals surface area contributed by atoms with E-state index in [1.807, 2.05) is 20.0 Å². The molecule has 5 rings (SSSR count). The smallest absolute Gasteiger partial charge is 0.280 e. The molecule has 0 radical (unpaired) electrons. The standard InChI is InChI=1S/C27H33ClN6O3S.ClH/c1-4-34(3)26(37)15-7-9-27(29,23(35)20-12-16-11-17(28)5-6-18(16)30-20)22(13-15)32-24(36)25-31-19-8-10-33(2)14-21(19)38-25;/h5-6,11-12,15,22,30H,4,7-10,13-14,29H2,1-3H3,(H,32,36);1H. The second kappa shape index (κ2) is 11.5. The number of ketones is 1. The first-order valence-corrected chi connectivity index (χ1v) is 14.1. The molecule has 4 N–H and O–H groups in total. The molecule has 210 valence electrons. The number of halogens is 2. The number of likely N-dealkylation sites (N-methyl/N-ethyl adjacent to an activating group) is 1. The number of aromatic amines is 1. The summed E-state index contributed by atoms with van der Waals surface area (Å²) < 4.78 is 0. The van der Waals surface area contributed by atoms with Crippen molar-refractivity contribution in [2.45, 2.75) is 50.7 Å². The number of amides is 2. The third kappa shape index (κ3) is 5.71. The van der Waals surface area contributed by atoms with Crippen LogP contribution in [0.2, 0.25) is 5.02 Å². The maximum Gasteiger partial charge on any atom is 0.280 e. The highest BCUT2D eigenvalue weighted by atomic mass is 35.5. The van der Waals surface area contributed by atoms with Gasteiger partial charge in [0, 0.05) is 59.8 Å². The van der Waals surface area contributed by atoms with Gasteiger partial charge in [-0.3, -0.25) is 14.4 Å². The van der Waals surface area contributed by atoms with Crippen molar-refractivity contribution in [3.8, 4) is 0 Å². The van der Waals surface area contributed by atoms with E-state index in [9.17, 15) is 14.4 Å². The van der Waals surface area contributed by atoms with Crippen molar-refractivity contribution < 1.29 is 14.4 Å². The number of nitrogens with two attached hydrogens (primary N) is 1. The summed E-state index contributed by atoms with van der Waals surface area (Å²) in [4.78, 5) is 53.1. The molecule has 0 bridgehead atoms. The molecule has 12 heteroatoms. The lowest BCUT2D eigenvalue weighted by molar-refractivity contribution is -0.135. The van der Waals surface area contributed by atoms with Gasteiger partial charge in [0.25, 0.3) is 5.91 Å². The highest BCUT2D eigenvalue weighted by Crippen LogP contribution is 2.35. The lowest BCUT2D eigenvalue weighted by atomic mass is 9.70. The average molecular weight is 594 g/mol. The van der Waals surface area contributed by atoms with Gasteiger partial charge in [-0.1, -0.05) is 11.6 Å². The number of Topliss-reactive ketones (excluding diaryl/α,β-unsaturated/α-hetero) is 1. The number of carbonyl (C=O) groups is 3. The molecule has 0 spiro atoms. The molecule has 0 saturated heterocycles. The number of hydrogen-bond donors (Lipinski definition) is 3. The summed E-state index contributed by atoms with van der Waals surface area (Å²) in [5.74, 6) is -1.01. The van der Waals surface area contributed by atoms with Crippen LogP contribution in [-0.2, 0) is 17.8 Å². The Hall–Kier alpha value is -2.50. The number of nitrogens with one attached hydrogen (secondary N) is 2. The zero-order valence-electron chi connectivity index (χ0n) is 22.3. The molecule has 3 unspecified atom stereocenters. The Bertz CT molecular complexity index is 1410. The number of benzene rings is 1. The number of thiazole rings is 1. The summed E-state index contributed by atoms with van der Waals surface area (Å²) in [6.45, 7) is 4.15. The highest BCUT2D eigenvalue weighted by Gasteiger charge is 2.49. The van der Waals surface area contributed by atoms with E-state index in [0.717, 1.165) is 41.0 Å². The molecule has 3 heterocycles. The normalized spacial score (nSPS) is 23.1. The first-order valence-electron chi connectivity index (χ1n) is 12.9. The second-order valence-electron chi connectivity index (χ2n) is 10.5. The van der Waals surface area contributed by atoms with Crippen molar-refractivity contribution in [1.82, 2.24) is 25.1 Å².